The van der Waals surface area contributed by atoms with Gasteiger partial charge in [0.25, 0.3) is 0 Å². The van der Waals surface area contributed by atoms with Crippen LogP contribution in [-0.4, -0.2) is 12.9 Å². The van der Waals surface area contributed by atoms with Crippen LogP contribution in [0, 0.1) is 3.57 Å². The molecule has 19 heavy (non-hydrogen) atoms. The molecule has 2 rings (SSSR count). The second kappa shape index (κ2) is 6.24. The van der Waals surface area contributed by atoms with E-state index in [1.165, 1.54) is 7.11 Å². The summed E-state index contributed by atoms with van der Waals surface area (Å²) in [5.41, 5.74) is 1.05. The van der Waals surface area contributed by atoms with E-state index in [9.17, 15) is 4.79 Å². The number of carbonyl (C=O) groups is 1. The van der Waals surface area contributed by atoms with E-state index in [4.69, 9.17) is 16.3 Å². The number of ether oxygens (including phenoxy) is 1. The number of halogens is 3. The summed E-state index contributed by atoms with van der Waals surface area (Å²) in [6.45, 7) is 0. The predicted octanol–water partition coefficient (Wildman–Crippen LogP) is 4.95. The zero-order chi connectivity index (χ0) is 14.0. The van der Waals surface area contributed by atoms with Gasteiger partial charge in [0, 0.05) is 18.6 Å². The van der Waals surface area contributed by atoms with Gasteiger partial charge in [0.1, 0.15) is 5.75 Å². The van der Waals surface area contributed by atoms with Crippen LogP contribution in [0.3, 0.4) is 0 Å². The summed E-state index contributed by atoms with van der Waals surface area (Å²) < 4.78 is 6.96. The minimum atomic E-state index is -0.121. The van der Waals surface area contributed by atoms with Crippen LogP contribution in [0.15, 0.2) is 40.9 Å². The van der Waals surface area contributed by atoms with Gasteiger partial charge in [0.2, 0.25) is 0 Å². The average Bonchev–Trinajstić information content (AvgIpc) is 2.40. The summed E-state index contributed by atoms with van der Waals surface area (Å²) in [6.07, 6.45) is 0. The summed E-state index contributed by atoms with van der Waals surface area (Å²) in [4.78, 5) is 12.6. The van der Waals surface area contributed by atoms with Crippen molar-refractivity contribution in [2.24, 2.45) is 0 Å². The number of hydrogen-bond donors (Lipinski definition) is 0. The lowest BCUT2D eigenvalue weighted by Gasteiger charge is -2.09. The topological polar surface area (TPSA) is 26.3 Å². The molecule has 0 saturated heterocycles. The summed E-state index contributed by atoms with van der Waals surface area (Å²) in [6, 6.07) is 10.6. The first kappa shape index (κ1) is 14.8. The Bertz CT molecular complexity index is 643. The highest BCUT2D eigenvalue weighted by Gasteiger charge is 2.17. The minimum Gasteiger partial charge on any atom is -0.496 e. The molecule has 0 atom stereocenters. The molecule has 0 aliphatic carbocycles. The van der Waals surface area contributed by atoms with Gasteiger partial charge < -0.3 is 4.74 Å². The summed E-state index contributed by atoms with van der Waals surface area (Å²) in [7, 11) is 1.53. The van der Waals surface area contributed by atoms with Crippen molar-refractivity contribution in [1.82, 2.24) is 0 Å². The van der Waals surface area contributed by atoms with Crippen molar-refractivity contribution < 1.29 is 9.53 Å². The molecule has 0 aliphatic heterocycles. The van der Waals surface area contributed by atoms with E-state index in [1.54, 1.807) is 18.2 Å². The van der Waals surface area contributed by atoms with Crippen molar-refractivity contribution in [3.8, 4) is 5.75 Å². The largest absolute Gasteiger partial charge is 0.496 e. The molecule has 0 radical (unpaired) electrons. The first-order valence-corrected chi connectivity index (χ1v) is 7.61. The summed E-state index contributed by atoms with van der Waals surface area (Å²) in [5.74, 6) is 0.393. The zero-order valence-corrected chi connectivity index (χ0v) is 14.4. The fraction of sp³-hybridized carbons (Fsp3) is 0.0714. The van der Waals surface area contributed by atoms with Gasteiger partial charge in [0.15, 0.2) is 5.78 Å². The Kier molecular flexibility index (Phi) is 4.86. The van der Waals surface area contributed by atoms with Gasteiger partial charge in [-0.15, -0.1) is 0 Å². The number of hydrogen-bond acceptors (Lipinski definition) is 2. The molecule has 0 fully saturated rings. The highest BCUT2D eigenvalue weighted by Crippen LogP contribution is 2.28. The van der Waals surface area contributed by atoms with Crippen molar-refractivity contribution in [3.63, 3.8) is 0 Å². The highest BCUT2D eigenvalue weighted by atomic mass is 127. The van der Waals surface area contributed by atoms with Crippen molar-refractivity contribution in [3.05, 3.63) is 60.6 Å². The van der Waals surface area contributed by atoms with Gasteiger partial charge in [-0.2, -0.15) is 0 Å². The van der Waals surface area contributed by atoms with Crippen LogP contribution < -0.4 is 4.74 Å². The van der Waals surface area contributed by atoms with Gasteiger partial charge >= 0.3 is 0 Å². The molecule has 2 aromatic rings. The highest BCUT2D eigenvalue weighted by molar-refractivity contribution is 14.1. The lowest BCUT2D eigenvalue weighted by molar-refractivity contribution is 0.103. The Labute approximate surface area is 138 Å². The zero-order valence-electron chi connectivity index (χ0n) is 9.91. The minimum absolute atomic E-state index is 0.121. The quantitative estimate of drug-likeness (QED) is 0.488. The molecule has 0 heterocycles. The average molecular weight is 451 g/mol. The molecule has 5 heteroatoms. The third kappa shape index (κ3) is 3.30. The van der Waals surface area contributed by atoms with Gasteiger partial charge in [-0.05, 0) is 59.0 Å². The standard InChI is InChI=1S/C14H9BrClIO2/c1-19-13-5-2-8(16)6-11(13)14(18)10-7-9(17)3-4-12(10)15/h2-7H,1H3. The van der Waals surface area contributed by atoms with E-state index in [-0.39, 0.29) is 5.78 Å². The van der Waals surface area contributed by atoms with Gasteiger partial charge in [-0.1, -0.05) is 27.5 Å². The Morgan fingerprint density at radius 2 is 1.95 bits per heavy atom. The number of benzene rings is 2. The Balaban J connectivity index is 2.55. The van der Waals surface area contributed by atoms with E-state index >= 15 is 0 Å². The SMILES string of the molecule is COc1ccc(Cl)cc1C(=O)c1cc(I)ccc1Br. The molecule has 0 unspecified atom stereocenters. The molecular weight excluding hydrogens is 442 g/mol. The summed E-state index contributed by atoms with van der Waals surface area (Å²) >= 11 is 11.5. The molecule has 0 bridgehead atoms. The maximum Gasteiger partial charge on any atom is 0.197 e. The molecule has 0 N–H and O–H groups in total. The van der Waals surface area contributed by atoms with Crippen LogP contribution in [0.4, 0.5) is 0 Å². The first-order valence-electron chi connectivity index (χ1n) is 5.36. The molecule has 2 nitrogen and oxygen atoms in total. The monoisotopic (exact) mass is 450 g/mol. The van der Waals surface area contributed by atoms with Gasteiger partial charge in [-0.3, -0.25) is 4.79 Å². The van der Waals surface area contributed by atoms with E-state index in [0.29, 0.717) is 21.9 Å². The maximum atomic E-state index is 12.6. The van der Waals surface area contributed by atoms with Gasteiger partial charge in [0.05, 0.1) is 12.7 Å². The van der Waals surface area contributed by atoms with E-state index in [2.05, 4.69) is 38.5 Å². The Hall–Kier alpha value is -0.590. The normalized spacial score (nSPS) is 10.3. The molecule has 0 saturated carbocycles. The predicted molar refractivity (Wildman–Crippen MR) is 88.3 cm³/mol. The number of methoxy groups -OCH3 is 1. The van der Waals surface area contributed by atoms with Crippen LogP contribution in [0.5, 0.6) is 5.75 Å². The maximum absolute atomic E-state index is 12.6. The number of carbonyl (C=O) groups excluding carboxylic acids is 1. The Morgan fingerprint density at radius 3 is 2.63 bits per heavy atom. The van der Waals surface area contributed by atoms with E-state index in [1.807, 2.05) is 18.2 Å². The molecule has 0 spiro atoms. The van der Waals surface area contributed by atoms with Crippen LogP contribution in [0.1, 0.15) is 15.9 Å². The molecule has 0 amide bonds. The molecule has 0 aromatic heterocycles. The number of ketones is 1. The molecule has 2 aromatic carbocycles. The lowest BCUT2D eigenvalue weighted by atomic mass is 10.0. The fourth-order valence-corrected chi connectivity index (χ4v) is 2.76. The van der Waals surface area contributed by atoms with Crippen molar-refractivity contribution in [2.75, 3.05) is 7.11 Å². The second-order valence-corrected chi connectivity index (χ2v) is 6.33. The van der Waals surface area contributed by atoms with E-state index in [0.717, 1.165) is 8.04 Å². The second-order valence-electron chi connectivity index (χ2n) is 3.80. The van der Waals surface area contributed by atoms with E-state index < -0.39 is 0 Å². The van der Waals surface area contributed by atoms with Crippen LogP contribution in [-0.2, 0) is 0 Å². The molecular formula is C14H9BrClIO2. The van der Waals surface area contributed by atoms with Crippen LogP contribution >= 0.6 is 50.1 Å². The van der Waals surface area contributed by atoms with Crippen molar-refractivity contribution in [2.45, 2.75) is 0 Å². The first-order chi connectivity index (χ1) is 9.02. The van der Waals surface area contributed by atoms with Gasteiger partial charge in [-0.25, -0.2) is 0 Å². The molecule has 98 valence electrons. The van der Waals surface area contributed by atoms with Crippen molar-refractivity contribution >= 4 is 55.9 Å². The van der Waals surface area contributed by atoms with Crippen molar-refractivity contribution in [1.29, 1.82) is 0 Å². The van der Waals surface area contributed by atoms with Crippen LogP contribution in [0.25, 0.3) is 0 Å². The Morgan fingerprint density at radius 1 is 1.21 bits per heavy atom. The fourth-order valence-electron chi connectivity index (χ4n) is 1.67. The summed E-state index contributed by atoms with van der Waals surface area (Å²) in [5, 5.41) is 0.505. The third-order valence-electron chi connectivity index (χ3n) is 2.58. The van der Waals surface area contributed by atoms with Crippen LogP contribution in [0.2, 0.25) is 5.02 Å². The third-order valence-corrected chi connectivity index (χ3v) is 4.18. The smallest absolute Gasteiger partial charge is 0.197 e. The lowest BCUT2D eigenvalue weighted by Crippen LogP contribution is -2.05. The molecule has 0 aliphatic rings. The number of rotatable bonds is 3.